The number of rotatable bonds is 8. The van der Waals surface area contributed by atoms with E-state index in [2.05, 4.69) is 11.0 Å². The molecule has 0 fully saturated rings. The van der Waals surface area contributed by atoms with E-state index in [1.54, 1.807) is 25.1 Å². The van der Waals surface area contributed by atoms with Gasteiger partial charge >= 0.3 is 0 Å². The van der Waals surface area contributed by atoms with Gasteiger partial charge in [-0.1, -0.05) is 6.42 Å². The van der Waals surface area contributed by atoms with Crippen LogP contribution in [0.3, 0.4) is 0 Å². The standard InChI is InChI=1S/C13H22N2O2S2/c1-11-10-12(6-7-13(11)14)19(16,17)15-8-4-3-5-9-18-2/h6-7,10,15H,3-5,8-9,14H2,1-2H3. The molecule has 1 aromatic rings. The molecule has 0 aliphatic carbocycles. The second-order valence-corrected chi connectivity index (χ2v) is 7.22. The summed E-state index contributed by atoms with van der Waals surface area (Å²) in [6.07, 6.45) is 5.12. The van der Waals surface area contributed by atoms with Gasteiger partial charge in [-0.3, -0.25) is 0 Å². The van der Waals surface area contributed by atoms with E-state index in [4.69, 9.17) is 5.73 Å². The molecule has 19 heavy (non-hydrogen) atoms. The van der Waals surface area contributed by atoms with Gasteiger partial charge in [0.25, 0.3) is 0 Å². The van der Waals surface area contributed by atoms with Gasteiger partial charge in [-0.25, -0.2) is 13.1 Å². The molecule has 4 nitrogen and oxygen atoms in total. The number of unbranched alkanes of at least 4 members (excludes halogenated alkanes) is 2. The van der Waals surface area contributed by atoms with Crippen molar-refractivity contribution in [3.63, 3.8) is 0 Å². The van der Waals surface area contributed by atoms with E-state index < -0.39 is 10.0 Å². The van der Waals surface area contributed by atoms with E-state index in [9.17, 15) is 8.42 Å². The molecule has 1 rings (SSSR count). The molecule has 0 aliphatic rings. The normalized spacial score (nSPS) is 11.7. The molecule has 1 aromatic carbocycles. The highest BCUT2D eigenvalue weighted by atomic mass is 32.2. The van der Waals surface area contributed by atoms with Gasteiger partial charge < -0.3 is 5.73 Å². The van der Waals surface area contributed by atoms with E-state index in [-0.39, 0.29) is 4.90 Å². The molecule has 0 unspecified atom stereocenters. The Balaban J connectivity index is 2.49. The summed E-state index contributed by atoms with van der Waals surface area (Å²) in [5, 5.41) is 0. The van der Waals surface area contributed by atoms with Crippen molar-refractivity contribution in [3.05, 3.63) is 23.8 Å². The van der Waals surface area contributed by atoms with Crippen LogP contribution in [0.15, 0.2) is 23.1 Å². The Morgan fingerprint density at radius 2 is 2.00 bits per heavy atom. The predicted octanol–water partition coefficient (Wildman–Crippen LogP) is 2.39. The van der Waals surface area contributed by atoms with Crippen LogP contribution in [0.4, 0.5) is 5.69 Å². The third-order valence-corrected chi connectivity index (χ3v) is 5.02. The van der Waals surface area contributed by atoms with Crippen molar-refractivity contribution in [1.29, 1.82) is 0 Å². The lowest BCUT2D eigenvalue weighted by Crippen LogP contribution is -2.25. The van der Waals surface area contributed by atoms with Gasteiger partial charge in [0.1, 0.15) is 0 Å². The van der Waals surface area contributed by atoms with E-state index >= 15 is 0 Å². The van der Waals surface area contributed by atoms with Crippen molar-refractivity contribution < 1.29 is 8.42 Å². The lowest BCUT2D eigenvalue weighted by atomic mass is 10.2. The van der Waals surface area contributed by atoms with Crippen LogP contribution in [0, 0.1) is 6.92 Å². The third-order valence-electron chi connectivity index (χ3n) is 2.87. The lowest BCUT2D eigenvalue weighted by molar-refractivity contribution is 0.576. The largest absolute Gasteiger partial charge is 0.399 e. The van der Waals surface area contributed by atoms with Crippen molar-refractivity contribution in [2.24, 2.45) is 0 Å². The molecule has 0 amide bonds. The Kier molecular flexibility index (Phi) is 6.68. The van der Waals surface area contributed by atoms with Gasteiger partial charge in [-0.2, -0.15) is 11.8 Å². The van der Waals surface area contributed by atoms with Crippen LogP contribution in [0.1, 0.15) is 24.8 Å². The van der Waals surface area contributed by atoms with Crippen LogP contribution in [0.2, 0.25) is 0 Å². The number of thioether (sulfide) groups is 1. The summed E-state index contributed by atoms with van der Waals surface area (Å²) in [7, 11) is -3.40. The second-order valence-electron chi connectivity index (χ2n) is 4.47. The Morgan fingerprint density at radius 1 is 1.26 bits per heavy atom. The quantitative estimate of drug-likeness (QED) is 0.571. The molecule has 0 spiro atoms. The van der Waals surface area contributed by atoms with E-state index in [0.717, 1.165) is 30.6 Å². The minimum Gasteiger partial charge on any atom is -0.399 e. The van der Waals surface area contributed by atoms with Gasteiger partial charge in [-0.15, -0.1) is 0 Å². The molecule has 0 saturated carbocycles. The molecule has 6 heteroatoms. The number of benzene rings is 1. The lowest BCUT2D eigenvalue weighted by Gasteiger charge is -2.08. The van der Waals surface area contributed by atoms with Gasteiger partial charge in [0.05, 0.1) is 4.90 Å². The van der Waals surface area contributed by atoms with Crippen LogP contribution in [0.5, 0.6) is 0 Å². The van der Waals surface area contributed by atoms with Crippen LogP contribution in [-0.2, 0) is 10.0 Å². The number of nitrogens with two attached hydrogens (primary N) is 1. The average molecular weight is 302 g/mol. The summed E-state index contributed by atoms with van der Waals surface area (Å²) in [5.41, 5.74) is 7.07. The van der Waals surface area contributed by atoms with E-state index in [1.165, 1.54) is 0 Å². The molecule has 0 bridgehead atoms. The number of nitrogen functional groups attached to an aromatic ring is 1. The molecule has 108 valence electrons. The minimum absolute atomic E-state index is 0.281. The van der Waals surface area contributed by atoms with E-state index in [0.29, 0.717) is 12.2 Å². The molecular weight excluding hydrogens is 280 g/mol. The maximum atomic E-state index is 12.0. The fourth-order valence-corrected chi connectivity index (χ4v) is 3.31. The number of aryl methyl sites for hydroxylation is 1. The maximum Gasteiger partial charge on any atom is 0.240 e. The third kappa shape index (κ3) is 5.42. The molecule has 0 aliphatic heterocycles. The zero-order valence-electron chi connectivity index (χ0n) is 11.5. The first kappa shape index (κ1) is 16.3. The van der Waals surface area contributed by atoms with Gasteiger partial charge in [0.2, 0.25) is 10.0 Å². The Morgan fingerprint density at radius 3 is 2.63 bits per heavy atom. The van der Waals surface area contributed by atoms with Crippen molar-refractivity contribution in [1.82, 2.24) is 4.72 Å². The predicted molar refractivity (Wildman–Crippen MR) is 83.0 cm³/mol. The fourth-order valence-electron chi connectivity index (χ4n) is 1.65. The molecule has 0 aromatic heterocycles. The first-order valence-electron chi connectivity index (χ1n) is 6.32. The smallest absolute Gasteiger partial charge is 0.240 e. The fraction of sp³-hybridized carbons (Fsp3) is 0.538. The summed E-state index contributed by atoms with van der Waals surface area (Å²) in [4.78, 5) is 0.281. The molecule has 0 radical (unpaired) electrons. The molecule has 0 saturated heterocycles. The summed E-state index contributed by atoms with van der Waals surface area (Å²) in [5.74, 6) is 1.13. The van der Waals surface area contributed by atoms with E-state index in [1.807, 2.05) is 11.8 Å². The highest BCUT2D eigenvalue weighted by Crippen LogP contribution is 2.16. The number of hydrogen-bond donors (Lipinski definition) is 2. The average Bonchev–Trinajstić information content (AvgIpc) is 2.36. The molecule has 0 heterocycles. The first-order valence-corrected chi connectivity index (χ1v) is 9.20. The van der Waals surface area contributed by atoms with Crippen molar-refractivity contribution in [2.45, 2.75) is 31.1 Å². The molecular formula is C13H22N2O2S2. The van der Waals surface area contributed by atoms with Crippen molar-refractivity contribution >= 4 is 27.5 Å². The SMILES string of the molecule is CSCCCCCNS(=O)(=O)c1ccc(N)c(C)c1. The number of anilines is 1. The maximum absolute atomic E-state index is 12.0. The monoisotopic (exact) mass is 302 g/mol. The topological polar surface area (TPSA) is 72.2 Å². The molecule has 0 atom stereocenters. The molecule has 3 N–H and O–H groups in total. The Labute approximate surface area is 120 Å². The minimum atomic E-state index is -3.40. The van der Waals surface area contributed by atoms with Crippen LogP contribution >= 0.6 is 11.8 Å². The zero-order valence-corrected chi connectivity index (χ0v) is 13.1. The number of hydrogen-bond acceptors (Lipinski definition) is 4. The highest BCUT2D eigenvalue weighted by molar-refractivity contribution is 7.98. The summed E-state index contributed by atoms with van der Waals surface area (Å²) >= 11 is 1.81. The Bertz CT molecular complexity index is 501. The number of sulfonamides is 1. The first-order chi connectivity index (χ1) is 8.97. The second kappa shape index (κ2) is 7.77. The Hall–Kier alpha value is -0.720. The zero-order chi connectivity index (χ0) is 14.3. The van der Waals surface area contributed by atoms with Crippen LogP contribution in [0.25, 0.3) is 0 Å². The summed E-state index contributed by atoms with van der Waals surface area (Å²) in [6, 6.07) is 4.77. The van der Waals surface area contributed by atoms with Gasteiger partial charge in [0, 0.05) is 12.2 Å². The van der Waals surface area contributed by atoms with Crippen molar-refractivity contribution in [3.8, 4) is 0 Å². The van der Waals surface area contributed by atoms with Crippen LogP contribution < -0.4 is 10.5 Å². The van der Waals surface area contributed by atoms with Gasteiger partial charge in [-0.05, 0) is 55.5 Å². The number of nitrogens with one attached hydrogen (secondary N) is 1. The van der Waals surface area contributed by atoms with Crippen LogP contribution in [-0.4, -0.2) is 27.0 Å². The summed E-state index contributed by atoms with van der Waals surface area (Å²) in [6.45, 7) is 2.29. The van der Waals surface area contributed by atoms with Crippen molar-refractivity contribution in [2.75, 3.05) is 24.3 Å². The summed E-state index contributed by atoms with van der Waals surface area (Å²) < 4.78 is 26.7. The van der Waals surface area contributed by atoms with Gasteiger partial charge in [0.15, 0.2) is 0 Å². The highest BCUT2D eigenvalue weighted by Gasteiger charge is 2.13.